The maximum Gasteiger partial charge on any atom is 0.340 e. The number of carbonyl (C=O) groups is 1. The number of allylic oxidation sites excluding steroid dienone is 2. The molecule has 0 amide bonds. The van der Waals surface area contributed by atoms with Crippen molar-refractivity contribution in [2.75, 3.05) is 33.3 Å². The van der Waals surface area contributed by atoms with E-state index in [-0.39, 0.29) is 0 Å². The Balaban J connectivity index is 1.69. The van der Waals surface area contributed by atoms with Crippen LogP contribution in [0.5, 0.6) is 11.5 Å². The molecule has 0 N–H and O–H groups in total. The van der Waals surface area contributed by atoms with Crippen molar-refractivity contribution in [3.63, 3.8) is 0 Å². The summed E-state index contributed by atoms with van der Waals surface area (Å²) in [5.41, 5.74) is 5.63. The van der Waals surface area contributed by atoms with Crippen molar-refractivity contribution in [3.05, 3.63) is 90.8 Å². The number of hydrogen-bond acceptors (Lipinski definition) is 9. The highest BCUT2D eigenvalue weighted by Crippen LogP contribution is 2.36. The van der Waals surface area contributed by atoms with Gasteiger partial charge in [-0.25, -0.2) is 9.78 Å². The number of esters is 1. The van der Waals surface area contributed by atoms with Gasteiger partial charge in [0.25, 0.3) is 0 Å². The van der Waals surface area contributed by atoms with Crippen LogP contribution in [0.1, 0.15) is 0 Å². The number of hydrogen-bond donors (Lipinski definition) is 0. The van der Waals surface area contributed by atoms with Crippen LogP contribution in [-0.2, 0) is 16.6 Å². The summed E-state index contributed by atoms with van der Waals surface area (Å²) in [6.07, 6.45) is 12.7. The number of benzene rings is 2. The minimum Gasteiger partial charge on any atom is -0.497 e. The van der Waals surface area contributed by atoms with E-state index < -0.39 is 5.97 Å². The number of aromatic nitrogens is 4. The van der Waals surface area contributed by atoms with Crippen LogP contribution in [0.2, 0.25) is 0 Å². The number of nitrogens with zero attached hydrogens (tertiary/aromatic N) is 6. The summed E-state index contributed by atoms with van der Waals surface area (Å²) in [5.74, 6) is 0.798. The fourth-order valence-corrected chi connectivity index (χ4v) is 4.26. The lowest BCUT2D eigenvalue weighted by Crippen LogP contribution is -2.23. The van der Waals surface area contributed by atoms with E-state index >= 15 is 0 Å². The first-order valence-corrected chi connectivity index (χ1v) is 12.1. The van der Waals surface area contributed by atoms with E-state index in [0.717, 1.165) is 22.5 Å². The van der Waals surface area contributed by atoms with Crippen molar-refractivity contribution in [3.8, 4) is 22.8 Å². The molecule has 10 nitrogen and oxygen atoms in total. The lowest BCUT2D eigenvalue weighted by molar-refractivity contribution is -0.135. The van der Waals surface area contributed by atoms with Crippen molar-refractivity contribution in [2.24, 2.45) is 7.05 Å². The molecule has 0 saturated heterocycles. The predicted octanol–water partition coefficient (Wildman–Crippen LogP) is 4.59. The van der Waals surface area contributed by atoms with Gasteiger partial charge < -0.3 is 24.0 Å². The molecule has 0 spiro atoms. The minimum absolute atomic E-state index is 0.418. The van der Waals surface area contributed by atoms with Crippen LogP contribution in [0.4, 0.5) is 11.4 Å². The van der Waals surface area contributed by atoms with Gasteiger partial charge in [0.1, 0.15) is 11.5 Å². The third-order valence-electron chi connectivity index (χ3n) is 6.30. The number of carbonyl (C=O) groups excluding carboxylic acids is 1. The number of fused-ring (bicyclic) bond motifs is 1. The number of aryl methyl sites for hydroxylation is 1. The highest BCUT2D eigenvalue weighted by molar-refractivity contribution is 5.94. The van der Waals surface area contributed by atoms with E-state index in [1.54, 1.807) is 49.5 Å². The zero-order valence-electron chi connectivity index (χ0n) is 22.3. The molecule has 0 atom stereocenters. The van der Waals surface area contributed by atoms with Crippen molar-refractivity contribution in [1.82, 2.24) is 24.6 Å². The maximum atomic E-state index is 12.7. The molecule has 0 fully saturated rings. The van der Waals surface area contributed by atoms with Crippen molar-refractivity contribution < 1.29 is 19.0 Å². The van der Waals surface area contributed by atoms with Gasteiger partial charge in [-0.2, -0.15) is 5.10 Å². The summed E-state index contributed by atoms with van der Waals surface area (Å²) >= 11 is 0. The Morgan fingerprint density at radius 1 is 0.949 bits per heavy atom. The van der Waals surface area contributed by atoms with Gasteiger partial charge in [0, 0.05) is 62.1 Å². The minimum atomic E-state index is -0.439. The van der Waals surface area contributed by atoms with E-state index in [1.807, 2.05) is 72.8 Å². The molecule has 2 aromatic carbocycles. The van der Waals surface area contributed by atoms with Crippen LogP contribution in [0, 0.1) is 0 Å². The molecule has 4 aromatic rings. The molecule has 3 heterocycles. The molecule has 2 aromatic heterocycles. The number of likely N-dealkylation sites (N-methyl/N-ethyl adjacent to an activating group) is 1. The smallest absolute Gasteiger partial charge is 0.340 e. The van der Waals surface area contributed by atoms with Gasteiger partial charge >= 0.3 is 5.97 Å². The quantitative estimate of drug-likeness (QED) is 0.322. The molecule has 1 aliphatic rings. The second-order valence-corrected chi connectivity index (χ2v) is 8.81. The van der Waals surface area contributed by atoms with Crippen LogP contribution in [0.25, 0.3) is 22.3 Å². The molecule has 0 bridgehead atoms. The Kier molecular flexibility index (Phi) is 7.00. The number of anilines is 2. The van der Waals surface area contributed by atoms with Crippen LogP contribution < -0.4 is 14.4 Å². The third-order valence-corrected chi connectivity index (χ3v) is 6.30. The number of ether oxygens (including phenoxy) is 3. The average Bonchev–Trinajstić information content (AvgIpc) is 3.41. The Morgan fingerprint density at radius 3 is 2.38 bits per heavy atom. The standard InChI is InChI=1S/C29H28N6O4/c1-33-10-6-7-24(29(36)39-5)28(33)18-35(21-11-22(37-3)14-23(12-21)38-4)20-8-9-25-26(13-20)32-27(16-30-25)19-15-31-34(2)17-19/h6-18H,1-5H3/b28-18-. The summed E-state index contributed by atoms with van der Waals surface area (Å²) in [6, 6.07) is 11.4. The van der Waals surface area contributed by atoms with Crippen LogP contribution in [0.15, 0.2) is 90.8 Å². The summed E-state index contributed by atoms with van der Waals surface area (Å²) in [5, 5.41) is 4.25. The van der Waals surface area contributed by atoms with Gasteiger partial charge in [-0.3, -0.25) is 9.67 Å². The predicted molar refractivity (Wildman–Crippen MR) is 149 cm³/mol. The van der Waals surface area contributed by atoms with Crippen LogP contribution in [-0.4, -0.2) is 59.0 Å². The van der Waals surface area contributed by atoms with E-state index in [0.29, 0.717) is 34.0 Å². The lowest BCUT2D eigenvalue weighted by Gasteiger charge is -2.28. The van der Waals surface area contributed by atoms with Gasteiger partial charge in [-0.1, -0.05) is 0 Å². The molecule has 198 valence electrons. The Morgan fingerprint density at radius 2 is 1.72 bits per heavy atom. The topological polar surface area (TPSA) is 94.8 Å². The van der Waals surface area contributed by atoms with Gasteiger partial charge in [0.2, 0.25) is 0 Å². The van der Waals surface area contributed by atoms with E-state index in [4.69, 9.17) is 19.2 Å². The molecule has 0 aliphatic carbocycles. The Bertz CT molecular complexity index is 1620. The van der Waals surface area contributed by atoms with Crippen molar-refractivity contribution in [1.29, 1.82) is 0 Å². The molecule has 1 aliphatic heterocycles. The first-order chi connectivity index (χ1) is 18.9. The number of rotatable bonds is 7. The summed E-state index contributed by atoms with van der Waals surface area (Å²) < 4.78 is 17.9. The molecular formula is C29H28N6O4. The highest BCUT2D eigenvalue weighted by Gasteiger charge is 2.22. The average molecular weight is 525 g/mol. The van der Waals surface area contributed by atoms with E-state index in [1.165, 1.54) is 7.11 Å². The van der Waals surface area contributed by atoms with Crippen molar-refractivity contribution >= 4 is 28.4 Å². The van der Waals surface area contributed by atoms with Crippen molar-refractivity contribution in [2.45, 2.75) is 0 Å². The molecule has 5 rings (SSSR count). The lowest BCUT2D eigenvalue weighted by atomic mass is 10.1. The highest BCUT2D eigenvalue weighted by atomic mass is 16.5. The number of methoxy groups -OCH3 is 3. The largest absolute Gasteiger partial charge is 0.497 e. The summed E-state index contributed by atoms with van der Waals surface area (Å²) in [7, 11) is 8.30. The van der Waals surface area contributed by atoms with Gasteiger partial charge in [0.15, 0.2) is 0 Å². The fraction of sp³-hybridized carbons (Fsp3) is 0.172. The SMILES string of the molecule is COC(=O)C1=CC=CN(C)/C1=C\N(c1cc(OC)cc(OC)c1)c1ccc2ncc(-c3cnn(C)c3)nc2c1. The second kappa shape index (κ2) is 10.7. The van der Waals surface area contributed by atoms with Gasteiger partial charge in [-0.15, -0.1) is 0 Å². The van der Waals surface area contributed by atoms with Crippen LogP contribution >= 0.6 is 0 Å². The first kappa shape index (κ1) is 25.5. The van der Waals surface area contributed by atoms with E-state index in [9.17, 15) is 4.79 Å². The van der Waals surface area contributed by atoms with Gasteiger partial charge in [-0.05, 0) is 30.4 Å². The Hall–Kier alpha value is -5.12. The molecule has 0 radical (unpaired) electrons. The summed E-state index contributed by atoms with van der Waals surface area (Å²) in [6.45, 7) is 0. The summed E-state index contributed by atoms with van der Waals surface area (Å²) in [4.78, 5) is 25.9. The molecule has 39 heavy (non-hydrogen) atoms. The third kappa shape index (κ3) is 5.17. The second-order valence-electron chi connectivity index (χ2n) is 8.81. The zero-order chi connectivity index (χ0) is 27.5. The fourth-order valence-electron chi connectivity index (χ4n) is 4.26. The normalized spacial score (nSPS) is 13.9. The molecule has 0 saturated carbocycles. The molecular weight excluding hydrogens is 496 g/mol. The van der Waals surface area contributed by atoms with E-state index in [2.05, 4.69) is 10.1 Å². The molecule has 0 unspecified atom stereocenters. The maximum absolute atomic E-state index is 12.7. The van der Waals surface area contributed by atoms with Crippen LogP contribution in [0.3, 0.4) is 0 Å². The van der Waals surface area contributed by atoms with Gasteiger partial charge in [0.05, 0.1) is 67.4 Å². The monoisotopic (exact) mass is 524 g/mol. The zero-order valence-corrected chi connectivity index (χ0v) is 22.3. The molecule has 10 heteroatoms. The first-order valence-electron chi connectivity index (χ1n) is 12.1. The Labute approximate surface area is 226 Å².